The summed E-state index contributed by atoms with van der Waals surface area (Å²) in [5, 5.41) is 8.56. The molecule has 0 aliphatic heterocycles. The zero-order chi connectivity index (χ0) is 14.1. The van der Waals surface area contributed by atoms with Gasteiger partial charge in [0.25, 0.3) is 0 Å². The van der Waals surface area contributed by atoms with E-state index in [1.165, 1.54) is 19.3 Å². The van der Waals surface area contributed by atoms with Gasteiger partial charge in [0.2, 0.25) is 0 Å². The Labute approximate surface area is 122 Å². The Hall–Kier alpha value is -1.29. The Morgan fingerprint density at radius 3 is 2.79 bits per heavy atom. The molecule has 0 radical (unpaired) electrons. The fourth-order valence-corrected chi connectivity index (χ4v) is 2.13. The van der Waals surface area contributed by atoms with Crippen molar-refractivity contribution in [1.29, 1.82) is 0 Å². The summed E-state index contributed by atoms with van der Waals surface area (Å²) in [6, 6.07) is 5.54. The molecule has 3 nitrogen and oxygen atoms in total. The maximum absolute atomic E-state index is 10.4. The lowest BCUT2D eigenvalue weighted by atomic mass is 10.2. The number of aliphatic carboxylic acids is 1. The molecular formula is C15H19BrO3. The predicted molar refractivity (Wildman–Crippen MR) is 80.4 cm³/mol. The molecule has 0 bridgehead atoms. The van der Waals surface area contributed by atoms with Crippen molar-refractivity contribution >= 4 is 28.0 Å². The number of hydrogen-bond acceptors (Lipinski definition) is 2. The second kappa shape index (κ2) is 8.75. The number of carboxylic acids is 1. The van der Waals surface area contributed by atoms with Crippen LogP contribution in [0, 0.1) is 0 Å². The number of benzene rings is 1. The predicted octanol–water partition coefficient (Wildman–Crippen LogP) is 4.51. The second-order valence-electron chi connectivity index (χ2n) is 4.27. The molecule has 19 heavy (non-hydrogen) atoms. The van der Waals surface area contributed by atoms with Gasteiger partial charge in [-0.3, -0.25) is 0 Å². The van der Waals surface area contributed by atoms with Crippen molar-refractivity contribution < 1.29 is 14.6 Å². The highest BCUT2D eigenvalue weighted by Gasteiger charge is 2.01. The van der Waals surface area contributed by atoms with Crippen molar-refractivity contribution in [1.82, 2.24) is 0 Å². The zero-order valence-corrected chi connectivity index (χ0v) is 12.6. The highest BCUT2D eigenvalue weighted by molar-refractivity contribution is 9.10. The fraction of sp³-hybridized carbons (Fsp3) is 0.400. The molecule has 0 aliphatic rings. The first-order valence-corrected chi connectivity index (χ1v) is 7.26. The molecule has 0 saturated heterocycles. The van der Waals surface area contributed by atoms with Gasteiger partial charge in [-0.25, -0.2) is 4.79 Å². The number of unbranched alkanes of at least 4 members (excludes halogenated alkanes) is 3. The molecule has 0 aromatic heterocycles. The molecule has 0 spiro atoms. The van der Waals surface area contributed by atoms with E-state index in [1.807, 2.05) is 18.2 Å². The quantitative estimate of drug-likeness (QED) is 0.565. The third kappa shape index (κ3) is 6.43. The van der Waals surface area contributed by atoms with Crippen LogP contribution in [0.4, 0.5) is 0 Å². The number of halogens is 1. The van der Waals surface area contributed by atoms with Crippen molar-refractivity contribution in [3.63, 3.8) is 0 Å². The summed E-state index contributed by atoms with van der Waals surface area (Å²) in [5.74, 6) is -0.156. The van der Waals surface area contributed by atoms with Crippen LogP contribution in [0.2, 0.25) is 0 Å². The molecule has 0 saturated carbocycles. The van der Waals surface area contributed by atoms with Crippen LogP contribution in [0.15, 0.2) is 28.7 Å². The average Bonchev–Trinajstić information content (AvgIpc) is 2.38. The maximum Gasteiger partial charge on any atom is 0.328 e. The molecule has 0 aliphatic carbocycles. The van der Waals surface area contributed by atoms with E-state index in [0.717, 1.165) is 28.3 Å². The second-order valence-corrected chi connectivity index (χ2v) is 5.12. The van der Waals surface area contributed by atoms with Gasteiger partial charge in [-0.2, -0.15) is 0 Å². The third-order valence-corrected chi connectivity index (χ3v) is 3.25. The van der Waals surface area contributed by atoms with Crippen LogP contribution >= 0.6 is 15.9 Å². The van der Waals surface area contributed by atoms with Crippen LogP contribution in [0.1, 0.15) is 38.2 Å². The lowest BCUT2D eigenvalue weighted by Crippen LogP contribution is -1.98. The van der Waals surface area contributed by atoms with Gasteiger partial charge in [-0.15, -0.1) is 0 Å². The first-order chi connectivity index (χ1) is 9.13. The minimum absolute atomic E-state index is 0.711. The van der Waals surface area contributed by atoms with Crippen LogP contribution in [0.25, 0.3) is 6.08 Å². The van der Waals surface area contributed by atoms with Crippen molar-refractivity contribution in [2.45, 2.75) is 32.6 Å². The molecule has 4 heteroatoms. The van der Waals surface area contributed by atoms with E-state index >= 15 is 0 Å². The molecule has 1 N–H and O–H groups in total. The molecule has 0 heterocycles. The smallest absolute Gasteiger partial charge is 0.328 e. The molecule has 1 aromatic carbocycles. The van der Waals surface area contributed by atoms with Gasteiger partial charge >= 0.3 is 5.97 Å². The van der Waals surface area contributed by atoms with E-state index in [9.17, 15) is 4.79 Å². The van der Waals surface area contributed by atoms with Crippen LogP contribution in [-0.4, -0.2) is 17.7 Å². The van der Waals surface area contributed by atoms with Crippen molar-refractivity contribution in [3.05, 3.63) is 34.3 Å². The minimum atomic E-state index is -0.952. The van der Waals surface area contributed by atoms with E-state index in [-0.39, 0.29) is 0 Å². The van der Waals surface area contributed by atoms with E-state index in [4.69, 9.17) is 9.84 Å². The summed E-state index contributed by atoms with van der Waals surface area (Å²) in [6.45, 7) is 2.89. The molecule has 0 atom stereocenters. The molecule has 1 aromatic rings. The molecular weight excluding hydrogens is 308 g/mol. The monoisotopic (exact) mass is 326 g/mol. The van der Waals surface area contributed by atoms with Gasteiger partial charge in [-0.1, -0.05) is 32.3 Å². The average molecular weight is 327 g/mol. The third-order valence-electron chi connectivity index (χ3n) is 2.63. The molecule has 104 valence electrons. The summed E-state index contributed by atoms with van der Waals surface area (Å²) >= 11 is 3.43. The lowest BCUT2D eigenvalue weighted by molar-refractivity contribution is -0.131. The summed E-state index contributed by atoms with van der Waals surface area (Å²) < 4.78 is 6.52. The van der Waals surface area contributed by atoms with Crippen molar-refractivity contribution in [2.24, 2.45) is 0 Å². The van der Waals surface area contributed by atoms with Crippen LogP contribution in [-0.2, 0) is 4.79 Å². The topological polar surface area (TPSA) is 46.5 Å². The van der Waals surface area contributed by atoms with Crippen LogP contribution in [0.5, 0.6) is 5.75 Å². The van der Waals surface area contributed by atoms with Gasteiger partial charge in [-0.05, 0) is 46.1 Å². The van der Waals surface area contributed by atoms with Gasteiger partial charge in [0, 0.05) is 6.08 Å². The number of hydrogen-bond donors (Lipinski definition) is 1. The maximum atomic E-state index is 10.4. The minimum Gasteiger partial charge on any atom is -0.492 e. The normalized spacial score (nSPS) is 10.8. The van der Waals surface area contributed by atoms with E-state index in [0.29, 0.717) is 6.61 Å². The Morgan fingerprint density at radius 2 is 2.16 bits per heavy atom. The number of carboxylic acid groups (broad SMARTS) is 1. The summed E-state index contributed by atoms with van der Waals surface area (Å²) in [4.78, 5) is 10.4. The highest BCUT2D eigenvalue weighted by Crippen LogP contribution is 2.26. The molecule has 0 unspecified atom stereocenters. The first-order valence-electron chi connectivity index (χ1n) is 6.47. The highest BCUT2D eigenvalue weighted by atomic mass is 79.9. The number of carbonyl (C=O) groups is 1. The standard InChI is InChI=1S/C15H19BrO3/c1-2-3-4-5-10-19-14-8-6-12(11-13(14)16)7-9-15(17)18/h6-9,11H,2-5,10H2,1H3,(H,17,18). The summed E-state index contributed by atoms with van der Waals surface area (Å²) in [6.07, 6.45) is 7.37. The summed E-state index contributed by atoms with van der Waals surface area (Å²) in [7, 11) is 0. The van der Waals surface area contributed by atoms with Gasteiger partial charge in [0.15, 0.2) is 0 Å². The van der Waals surface area contributed by atoms with E-state index in [2.05, 4.69) is 22.9 Å². The Kier molecular flexibility index (Phi) is 7.26. The van der Waals surface area contributed by atoms with Gasteiger partial charge < -0.3 is 9.84 Å². The van der Waals surface area contributed by atoms with E-state index in [1.54, 1.807) is 6.08 Å². The zero-order valence-electron chi connectivity index (χ0n) is 11.1. The lowest BCUT2D eigenvalue weighted by Gasteiger charge is -2.08. The van der Waals surface area contributed by atoms with E-state index < -0.39 is 5.97 Å². The number of rotatable bonds is 8. The molecule has 0 fully saturated rings. The molecule has 1 rings (SSSR count). The largest absolute Gasteiger partial charge is 0.492 e. The van der Waals surface area contributed by atoms with Crippen LogP contribution in [0.3, 0.4) is 0 Å². The van der Waals surface area contributed by atoms with Crippen LogP contribution < -0.4 is 4.74 Å². The van der Waals surface area contributed by atoms with Crippen molar-refractivity contribution in [3.8, 4) is 5.75 Å². The van der Waals surface area contributed by atoms with Crippen molar-refractivity contribution in [2.75, 3.05) is 6.61 Å². The Morgan fingerprint density at radius 1 is 1.37 bits per heavy atom. The first kappa shape index (κ1) is 15.8. The summed E-state index contributed by atoms with van der Waals surface area (Å²) in [5.41, 5.74) is 0.826. The molecule has 0 amide bonds. The Bertz CT molecular complexity index is 441. The SMILES string of the molecule is CCCCCCOc1ccc(C=CC(=O)O)cc1Br. The Balaban J connectivity index is 2.50. The van der Waals surface area contributed by atoms with Gasteiger partial charge in [0.1, 0.15) is 5.75 Å². The fourth-order valence-electron chi connectivity index (χ4n) is 1.62. The van der Waals surface area contributed by atoms with Gasteiger partial charge in [0.05, 0.1) is 11.1 Å². The number of ether oxygens (including phenoxy) is 1.